The molecule has 0 spiro atoms. The highest BCUT2D eigenvalue weighted by Crippen LogP contribution is 2.26. The summed E-state index contributed by atoms with van der Waals surface area (Å²) in [4.78, 5) is 0. The minimum atomic E-state index is -0.467. The predicted molar refractivity (Wildman–Crippen MR) is 75.1 cm³/mol. The van der Waals surface area contributed by atoms with E-state index in [0.717, 1.165) is 30.0 Å². The molecule has 2 unspecified atom stereocenters. The van der Waals surface area contributed by atoms with Crippen LogP contribution in [0.3, 0.4) is 0 Å². The quantitative estimate of drug-likeness (QED) is 0.816. The molecule has 0 saturated heterocycles. The molecule has 0 heterocycles. The van der Waals surface area contributed by atoms with Crippen LogP contribution in [0.4, 0.5) is 0 Å². The molecule has 0 fully saturated rings. The molecule has 0 aromatic heterocycles. The summed E-state index contributed by atoms with van der Waals surface area (Å²) < 4.78 is 5.83. The number of aliphatic hydroxyl groups excluding tert-OH is 1. The smallest absolute Gasteiger partial charge is 0.125 e. The molecule has 0 bridgehead atoms. The van der Waals surface area contributed by atoms with Gasteiger partial charge < -0.3 is 15.2 Å². The van der Waals surface area contributed by atoms with E-state index >= 15 is 0 Å². The average molecular weight is 251 g/mol. The van der Waals surface area contributed by atoms with Gasteiger partial charge in [-0.25, -0.2) is 0 Å². The monoisotopic (exact) mass is 251 g/mol. The zero-order chi connectivity index (χ0) is 13.7. The number of aryl methyl sites for hydroxylation is 2. The summed E-state index contributed by atoms with van der Waals surface area (Å²) in [6.07, 6.45) is -0.660. The van der Waals surface area contributed by atoms with E-state index in [9.17, 15) is 5.11 Å². The molecule has 1 aromatic rings. The van der Waals surface area contributed by atoms with Gasteiger partial charge in [-0.2, -0.15) is 0 Å². The van der Waals surface area contributed by atoms with Crippen LogP contribution in [0.25, 0.3) is 0 Å². The number of ether oxygens (including phenoxy) is 1. The van der Waals surface area contributed by atoms with Crippen molar-refractivity contribution in [3.05, 3.63) is 28.8 Å². The first-order valence-corrected chi connectivity index (χ1v) is 6.61. The van der Waals surface area contributed by atoms with Crippen molar-refractivity contribution in [2.24, 2.45) is 0 Å². The molecule has 1 aromatic carbocycles. The van der Waals surface area contributed by atoms with Crippen molar-refractivity contribution in [2.45, 2.75) is 53.4 Å². The second-order valence-corrected chi connectivity index (χ2v) is 4.90. The molecule has 0 saturated carbocycles. The third-order valence-corrected chi connectivity index (χ3v) is 3.08. The number of rotatable bonds is 6. The van der Waals surface area contributed by atoms with E-state index in [1.807, 2.05) is 20.8 Å². The Morgan fingerprint density at radius 1 is 1.22 bits per heavy atom. The summed E-state index contributed by atoms with van der Waals surface area (Å²) in [6.45, 7) is 11.7. The second kappa shape index (κ2) is 6.76. The predicted octanol–water partition coefficient (Wildman–Crippen LogP) is 2.56. The van der Waals surface area contributed by atoms with Gasteiger partial charge in [0.15, 0.2) is 0 Å². The third-order valence-electron chi connectivity index (χ3n) is 3.08. The van der Waals surface area contributed by atoms with Gasteiger partial charge in [0, 0.05) is 6.54 Å². The molecular formula is C15H25NO2. The Balaban J connectivity index is 2.87. The van der Waals surface area contributed by atoms with Crippen LogP contribution < -0.4 is 10.1 Å². The first-order chi connectivity index (χ1) is 8.45. The van der Waals surface area contributed by atoms with Crippen LogP contribution in [-0.2, 0) is 6.54 Å². The zero-order valence-electron chi connectivity index (χ0n) is 12.1. The number of nitrogens with one attached hydrogen (secondary N) is 1. The summed E-state index contributed by atoms with van der Waals surface area (Å²) in [5.41, 5.74) is 3.51. The SMILES string of the molecule is CCNCc1cc(C)c(OC(C)C(C)O)c(C)c1. The van der Waals surface area contributed by atoms with Crippen molar-refractivity contribution in [3.63, 3.8) is 0 Å². The van der Waals surface area contributed by atoms with Gasteiger partial charge in [0.1, 0.15) is 11.9 Å². The van der Waals surface area contributed by atoms with Crippen molar-refractivity contribution in [3.8, 4) is 5.75 Å². The highest BCUT2D eigenvalue weighted by molar-refractivity contribution is 5.43. The molecule has 2 atom stereocenters. The molecule has 1 rings (SSSR count). The molecule has 3 heteroatoms. The summed E-state index contributed by atoms with van der Waals surface area (Å²) >= 11 is 0. The van der Waals surface area contributed by atoms with Crippen LogP contribution in [0.15, 0.2) is 12.1 Å². The molecule has 0 amide bonds. The number of benzene rings is 1. The highest BCUT2D eigenvalue weighted by atomic mass is 16.5. The van der Waals surface area contributed by atoms with E-state index in [0.29, 0.717) is 0 Å². The van der Waals surface area contributed by atoms with E-state index in [4.69, 9.17) is 4.74 Å². The Hall–Kier alpha value is -1.06. The summed E-state index contributed by atoms with van der Waals surface area (Å²) in [5.74, 6) is 0.892. The van der Waals surface area contributed by atoms with E-state index in [1.54, 1.807) is 6.92 Å². The van der Waals surface area contributed by atoms with Gasteiger partial charge >= 0.3 is 0 Å². The molecular weight excluding hydrogens is 226 g/mol. The number of aliphatic hydroxyl groups is 1. The number of hydrogen-bond acceptors (Lipinski definition) is 3. The minimum absolute atomic E-state index is 0.193. The lowest BCUT2D eigenvalue weighted by Gasteiger charge is -2.21. The normalized spacial score (nSPS) is 14.3. The maximum absolute atomic E-state index is 9.50. The molecule has 102 valence electrons. The molecule has 0 aliphatic rings. The third kappa shape index (κ3) is 4.00. The fourth-order valence-electron chi connectivity index (χ4n) is 1.88. The first-order valence-electron chi connectivity index (χ1n) is 6.61. The van der Waals surface area contributed by atoms with Crippen molar-refractivity contribution in [1.82, 2.24) is 5.32 Å². The van der Waals surface area contributed by atoms with E-state index in [-0.39, 0.29) is 6.10 Å². The van der Waals surface area contributed by atoms with Gasteiger partial charge in [0.25, 0.3) is 0 Å². The second-order valence-electron chi connectivity index (χ2n) is 4.90. The van der Waals surface area contributed by atoms with Crippen molar-refractivity contribution < 1.29 is 9.84 Å². The van der Waals surface area contributed by atoms with Crippen LogP contribution in [0, 0.1) is 13.8 Å². The van der Waals surface area contributed by atoms with Gasteiger partial charge in [-0.3, -0.25) is 0 Å². The Kier molecular flexibility index (Phi) is 5.63. The zero-order valence-corrected chi connectivity index (χ0v) is 12.1. The molecule has 2 N–H and O–H groups in total. The van der Waals surface area contributed by atoms with Crippen LogP contribution >= 0.6 is 0 Å². The molecule has 0 radical (unpaired) electrons. The maximum atomic E-state index is 9.50. The first kappa shape index (κ1) is 15.0. The largest absolute Gasteiger partial charge is 0.487 e. The molecule has 3 nitrogen and oxygen atoms in total. The standard InChI is InChI=1S/C15H25NO2/c1-6-16-9-14-7-10(2)15(11(3)8-14)18-13(5)12(4)17/h7-8,12-13,16-17H,6,9H2,1-5H3. The lowest BCUT2D eigenvalue weighted by atomic mass is 10.1. The lowest BCUT2D eigenvalue weighted by molar-refractivity contribution is 0.0595. The molecule has 18 heavy (non-hydrogen) atoms. The maximum Gasteiger partial charge on any atom is 0.125 e. The van der Waals surface area contributed by atoms with Gasteiger partial charge in [-0.05, 0) is 50.9 Å². The fourth-order valence-corrected chi connectivity index (χ4v) is 1.88. The van der Waals surface area contributed by atoms with E-state index in [2.05, 4.69) is 24.4 Å². The van der Waals surface area contributed by atoms with Crippen LogP contribution in [0.1, 0.15) is 37.5 Å². The van der Waals surface area contributed by atoms with Crippen molar-refractivity contribution >= 4 is 0 Å². The van der Waals surface area contributed by atoms with E-state index < -0.39 is 6.10 Å². The van der Waals surface area contributed by atoms with Crippen LogP contribution in [-0.4, -0.2) is 23.9 Å². The molecule has 0 aliphatic carbocycles. The Labute approximate surface area is 110 Å². The fraction of sp³-hybridized carbons (Fsp3) is 0.600. The highest BCUT2D eigenvalue weighted by Gasteiger charge is 2.14. The summed E-state index contributed by atoms with van der Waals surface area (Å²) in [7, 11) is 0. The molecule has 0 aliphatic heterocycles. The Morgan fingerprint density at radius 3 is 2.22 bits per heavy atom. The van der Waals surface area contributed by atoms with Crippen LogP contribution in [0.2, 0.25) is 0 Å². The van der Waals surface area contributed by atoms with Gasteiger partial charge in [0.2, 0.25) is 0 Å². The minimum Gasteiger partial charge on any atom is -0.487 e. The van der Waals surface area contributed by atoms with E-state index in [1.165, 1.54) is 5.56 Å². The summed E-state index contributed by atoms with van der Waals surface area (Å²) in [6, 6.07) is 4.28. The van der Waals surface area contributed by atoms with Gasteiger partial charge in [-0.1, -0.05) is 19.1 Å². The average Bonchev–Trinajstić information content (AvgIpc) is 2.30. The van der Waals surface area contributed by atoms with Crippen molar-refractivity contribution in [1.29, 1.82) is 0 Å². The lowest BCUT2D eigenvalue weighted by Crippen LogP contribution is -2.26. The van der Waals surface area contributed by atoms with Crippen molar-refractivity contribution in [2.75, 3.05) is 6.54 Å². The Bertz CT molecular complexity index is 365. The van der Waals surface area contributed by atoms with Gasteiger partial charge in [0.05, 0.1) is 6.10 Å². The Morgan fingerprint density at radius 2 is 1.78 bits per heavy atom. The topological polar surface area (TPSA) is 41.5 Å². The number of hydrogen-bond donors (Lipinski definition) is 2. The summed E-state index contributed by atoms with van der Waals surface area (Å²) in [5, 5.41) is 12.8. The van der Waals surface area contributed by atoms with Gasteiger partial charge in [-0.15, -0.1) is 0 Å². The van der Waals surface area contributed by atoms with Crippen LogP contribution in [0.5, 0.6) is 5.75 Å².